The lowest BCUT2D eigenvalue weighted by Gasteiger charge is -2.15. The summed E-state index contributed by atoms with van der Waals surface area (Å²) in [5, 5.41) is 11.8. The van der Waals surface area contributed by atoms with E-state index in [1.54, 1.807) is 0 Å². The number of benzene rings is 1. The van der Waals surface area contributed by atoms with Crippen LogP contribution in [0.5, 0.6) is 0 Å². The van der Waals surface area contributed by atoms with Crippen molar-refractivity contribution in [3.63, 3.8) is 0 Å². The topological polar surface area (TPSA) is 116 Å². The van der Waals surface area contributed by atoms with Crippen molar-refractivity contribution < 1.29 is 28.2 Å². The quantitative estimate of drug-likeness (QED) is 0.491. The number of ether oxygens (including phenoxy) is 1. The molecule has 0 fully saturated rings. The number of esters is 1. The predicted octanol–water partition coefficient (Wildman–Crippen LogP) is -0.0593. The van der Waals surface area contributed by atoms with Crippen molar-refractivity contribution in [1.82, 2.24) is 4.90 Å². The average Bonchev–Trinajstić information content (AvgIpc) is 2.84. The molecular formula is C14H16N2O6S. The molecule has 1 aliphatic rings. The third kappa shape index (κ3) is 3.76. The van der Waals surface area contributed by atoms with Gasteiger partial charge in [0.25, 0.3) is 5.91 Å². The van der Waals surface area contributed by atoms with Gasteiger partial charge in [-0.3, -0.25) is 4.79 Å². The minimum atomic E-state index is -2.09. The van der Waals surface area contributed by atoms with Crippen molar-refractivity contribution in [2.24, 2.45) is 0 Å². The second-order valence-corrected chi connectivity index (χ2v) is 5.66. The number of methoxy groups -OCH3 is 1. The molecule has 0 bridgehead atoms. The highest BCUT2D eigenvalue weighted by Gasteiger charge is 2.34. The number of hydrogen-bond acceptors (Lipinski definition) is 6. The van der Waals surface area contributed by atoms with Crippen LogP contribution in [0.4, 0.5) is 5.69 Å². The third-order valence-electron chi connectivity index (χ3n) is 3.28. The van der Waals surface area contributed by atoms with Crippen LogP contribution in [-0.2, 0) is 25.4 Å². The van der Waals surface area contributed by atoms with Gasteiger partial charge >= 0.3 is 5.97 Å². The number of aliphatic hydroxyl groups excluding tert-OH is 1. The molecule has 8 nitrogen and oxygen atoms in total. The Morgan fingerprint density at radius 2 is 2.04 bits per heavy atom. The molecule has 23 heavy (non-hydrogen) atoms. The van der Waals surface area contributed by atoms with Crippen molar-refractivity contribution in [2.45, 2.75) is 4.90 Å². The second kappa shape index (κ2) is 7.36. The molecule has 0 aromatic heterocycles. The largest absolute Gasteiger partial charge is 0.466 e. The van der Waals surface area contributed by atoms with Gasteiger partial charge in [0, 0.05) is 12.2 Å². The van der Waals surface area contributed by atoms with Crippen LogP contribution in [0.1, 0.15) is 0 Å². The summed E-state index contributed by atoms with van der Waals surface area (Å²) in [5.74, 6) is -1.05. The van der Waals surface area contributed by atoms with E-state index < -0.39 is 23.0 Å². The zero-order valence-corrected chi connectivity index (χ0v) is 13.1. The fourth-order valence-electron chi connectivity index (χ4n) is 2.15. The number of β-amino-alcohol motifs (C(OH)–C–C–N with tert-alkyl or cyclic N) is 1. The molecule has 0 radical (unpaired) electrons. The summed E-state index contributed by atoms with van der Waals surface area (Å²) in [6, 6.07) is 5.91. The van der Waals surface area contributed by atoms with Gasteiger partial charge in [0.05, 0.1) is 30.7 Å². The van der Waals surface area contributed by atoms with Crippen LogP contribution >= 0.6 is 0 Å². The van der Waals surface area contributed by atoms with Crippen LogP contribution in [0, 0.1) is 0 Å². The van der Waals surface area contributed by atoms with Gasteiger partial charge in [0.15, 0.2) is 11.1 Å². The molecule has 9 heteroatoms. The van der Waals surface area contributed by atoms with E-state index in [0.29, 0.717) is 5.69 Å². The number of anilines is 1. The van der Waals surface area contributed by atoms with Crippen molar-refractivity contribution in [3.05, 3.63) is 35.5 Å². The number of rotatable bonds is 6. The van der Waals surface area contributed by atoms with Gasteiger partial charge in [0.1, 0.15) is 5.70 Å². The first-order chi connectivity index (χ1) is 11.0. The monoisotopic (exact) mass is 340 g/mol. The number of amides is 1. The molecule has 2 rings (SSSR count). The summed E-state index contributed by atoms with van der Waals surface area (Å²) < 4.78 is 24.6. The fourth-order valence-corrected chi connectivity index (χ4v) is 2.52. The maximum absolute atomic E-state index is 12.3. The van der Waals surface area contributed by atoms with Crippen molar-refractivity contribution in [1.29, 1.82) is 0 Å². The highest BCUT2D eigenvalue weighted by Crippen LogP contribution is 2.23. The minimum Gasteiger partial charge on any atom is -0.466 e. The molecule has 0 spiro atoms. The Bertz CT molecular complexity index is 670. The van der Waals surface area contributed by atoms with Crippen molar-refractivity contribution in [2.75, 3.05) is 32.1 Å². The van der Waals surface area contributed by atoms with Gasteiger partial charge in [-0.1, -0.05) is 0 Å². The van der Waals surface area contributed by atoms with Gasteiger partial charge in [-0.15, -0.1) is 0 Å². The Kier molecular flexibility index (Phi) is 5.48. The summed E-state index contributed by atoms with van der Waals surface area (Å²) in [4.78, 5) is 25.7. The van der Waals surface area contributed by atoms with Crippen molar-refractivity contribution >= 4 is 28.6 Å². The second-order valence-electron chi connectivity index (χ2n) is 4.69. The van der Waals surface area contributed by atoms with E-state index in [4.69, 9.17) is 9.66 Å². The number of hydrogen-bond donors (Lipinski definition) is 3. The number of nitrogens with zero attached hydrogens (tertiary/aromatic N) is 1. The van der Waals surface area contributed by atoms with E-state index >= 15 is 0 Å². The molecule has 1 amide bonds. The Morgan fingerprint density at radius 3 is 2.57 bits per heavy atom. The van der Waals surface area contributed by atoms with Crippen LogP contribution in [0.2, 0.25) is 0 Å². The lowest BCUT2D eigenvalue weighted by molar-refractivity contribution is -0.136. The van der Waals surface area contributed by atoms with E-state index in [0.717, 1.165) is 0 Å². The predicted molar refractivity (Wildman–Crippen MR) is 81.8 cm³/mol. The number of nitrogens with one attached hydrogen (secondary N) is 1. The van der Waals surface area contributed by atoms with Gasteiger partial charge in [0.2, 0.25) is 0 Å². The van der Waals surface area contributed by atoms with E-state index in [9.17, 15) is 13.8 Å². The van der Waals surface area contributed by atoms with Crippen LogP contribution in [0.3, 0.4) is 0 Å². The summed E-state index contributed by atoms with van der Waals surface area (Å²) in [6.07, 6.45) is 0. The van der Waals surface area contributed by atoms with Gasteiger partial charge < -0.3 is 24.6 Å². The minimum absolute atomic E-state index is 0.0488. The Hall–Kier alpha value is -2.23. The molecule has 0 saturated heterocycles. The first-order valence-corrected chi connectivity index (χ1v) is 7.78. The Labute approximate surface area is 135 Å². The molecular weight excluding hydrogens is 324 g/mol. The Balaban J connectivity index is 2.27. The smallest absolute Gasteiger partial charge is 0.337 e. The van der Waals surface area contributed by atoms with E-state index in [1.165, 1.54) is 36.3 Å². The zero-order chi connectivity index (χ0) is 17.0. The number of aliphatic hydroxyl groups is 1. The molecule has 1 heterocycles. The summed E-state index contributed by atoms with van der Waals surface area (Å²) in [6.45, 7) is -0.0649. The molecule has 1 aromatic carbocycles. The molecule has 1 aromatic rings. The molecule has 0 saturated carbocycles. The van der Waals surface area contributed by atoms with E-state index in [2.05, 4.69) is 10.1 Å². The molecule has 124 valence electrons. The van der Waals surface area contributed by atoms with Crippen LogP contribution in [-0.4, -0.2) is 57.5 Å². The van der Waals surface area contributed by atoms with Gasteiger partial charge in [-0.05, 0) is 24.3 Å². The SMILES string of the molecule is COC(=O)C1=C(Nc2ccc(S(=O)O)cc2)C(=O)N(CCO)C1. The van der Waals surface area contributed by atoms with Gasteiger partial charge in [-0.25, -0.2) is 9.00 Å². The highest BCUT2D eigenvalue weighted by atomic mass is 32.2. The first kappa shape index (κ1) is 17.1. The zero-order valence-electron chi connectivity index (χ0n) is 12.3. The van der Waals surface area contributed by atoms with Gasteiger partial charge in [-0.2, -0.15) is 0 Å². The van der Waals surface area contributed by atoms with Crippen LogP contribution in [0.25, 0.3) is 0 Å². The third-order valence-corrected chi connectivity index (χ3v) is 3.95. The summed E-state index contributed by atoms with van der Waals surface area (Å²) in [5.41, 5.74) is 0.721. The summed E-state index contributed by atoms with van der Waals surface area (Å²) >= 11 is -2.09. The normalized spacial score (nSPS) is 15.8. The number of carbonyl (C=O) groups excluding carboxylic acids is 2. The maximum atomic E-state index is 12.3. The Morgan fingerprint density at radius 1 is 1.39 bits per heavy atom. The van der Waals surface area contributed by atoms with Crippen LogP contribution < -0.4 is 5.32 Å². The molecule has 0 aliphatic carbocycles. The first-order valence-electron chi connectivity index (χ1n) is 6.67. The maximum Gasteiger partial charge on any atom is 0.337 e. The molecule has 3 N–H and O–H groups in total. The molecule has 1 unspecified atom stereocenters. The standard InChI is InChI=1S/C14H16N2O6S/c1-22-14(19)11-8-16(6-7-17)13(18)12(11)15-9-2-4-10(5-3-9)23(20)21/h2-5,15,17H,6-8H2,1H3,(H,20,21). The van der Waals surface area contributed by atoms with E-state index in [1.807, 2.05) is 0 Å². The number of carbonyl (C=O) groups is 2. The van der Waals surface area contributed by atoms with Crippen LogP contribution in [0.15, 0.2) is 40.4 Å². The molecule has 1 aliphatic heterocycles. The lowest BCUT2D eigenvalue weighted by Crippen LogP contribution is -2.31. The average molecular weight is 340 g/mol. The van der Waals surface area contributed by atoms with Crippen molar-refractivity contribution in [3.8, 4) is 0 Å². The fraction of sp³-hybridized carbons (Fsp3) is 0.286. The summed E-state index contributed by atoms with van der Waals surface area (Å²) in [7, 11) is 1.22. The highest BCUT2D eigenvalue weighted by molar-refractivity contribution is 7.79. The molecule has 1 atom stereocenters. The lowest BCUT2D eigenvalue weighted by atomic mass is 10.2. The van der Waals surface area contributed by atoms with E-state index in [-0.39, 0.29) is 35.9 Å².